The Bertz CT molecular complexity index is 341. The number of carbonyl (C=O) groups excluding carboxylic acids is 1. The molecule has 1 aliphatic heterocycles. The van der Waals surface area contributed by atoms with Crippen LogP contribution in [0.25, 0.3) is 0 Å². The van der Waals surface area contributed by atoms with Crippen LogP contribution in [-0.4, -0.2) is 29.0 Å². The van der Waals surface area contributed by atoms with Crippen molar-refractivity contribution < 1.29 is 4.79 Å². The first-order valence-electron chi connectivity index (χ1n) is 5.04. The van der Waals surface area contributed by atoms with E-state index in [1.807, 2.05) is 0 Å². The zero-order chi connectivity index (χ0) is 10.7. The summed E-state index contributed by atoms with van der Waals surface area (Å²) in [6.07, 6.45) is 4.63. The Labute approximate surface area is 88.3 Å². The molecule has 80 valence electrons. The number of hydrogen-bond donors (Lipinski definition) is 2. The molecule has 5 nitrogen and oxygen atoms in total. The minimum Gasteiger partial charge on any atom is -0.323 e. The van der Waals surface area contributed by atoms with Crippen LogP contribution in [0, 0.1) is 11.8 Å². The summed E-state index contributed by atoms with van der Waals surface area (Å²) in [5.74, 6) is 0.474. The maximum absolute atomic E-state index is 11.8. The normalized spacial score (nSPS) is 25.1. The van der Waals surface area contributed by atoms with Crippen molar-refractivity contribution in [2.45, 2.75) is 6.92 Å². The average molecular weight is 206 g/mol. The molecule has 1 aromatic rings. The molecular weight excluding hydrogens is 192 g/mol. The molecule has 1 amide bonds. The van der Waals surface area contributed by atoms with Gasteiger partial charge in [0.2, 0.25) is 5.91 Å². The van der Waals surface area contributed by atoms with E-state index in [1.165, 1.54) is 6.33 Å². The van der Waals surface area contributed by atoms with E-state index in [2.05, 4.69) is 27.5 Å². The molecule has 2 N–H and O–H groups in total. The summed E-state index contributed by atoms with van der Waals surface area (Å²) in [5, 5.41) is 6.01. The van der Waals surface area contributed by atoms with Gasteiger partial charge in [-0.05, 0) is 12.5 Å². The number of anilines is 1. The van der Waals surface area contributed by atoms with Gasteiger partial charge in [-0.1, -0.05) is 6.92 Å². The standard InChI is InChI=1S/C10H14N4O/c1-7-2-11-5-9(7)10(15)14-8-3-12-6-13-4-8/h3-4,6-7,9,11H,2,5H2,1H3,(H,14,15). The molecule has 2 rings (SSSR count). The summed E-state index contributed by atoms with van der Waals surface area (Å²) in [4.78, 5) is 19.5. The lowest BCUT2D eigenvalue weighted by Crippen LogP contribution is -2.27. The molecule has 0 bridgehead atoms. The van der Waals surface area contributed by atoms with Crippen LogP contribution < -0.4 is 10.6 Å². The van der Waals surface area contributed by atoms with Gasteiger partial charge in [-0.15, -0.1) is 0 Å². The van der Waals surface area contributed by atoms with Gasteiger partial charge < -0.3 is 10.6 Å². The first-order chi connectivity index (χ1) is 7.27. The molecule has 0 spiro atoms. The summed E-state index contributed by atoms with van der Waals surface area (Å²) in [7, 11) is 0. The van der Waals surface area contributed by atoms with Crippen molar-refractivity contribution in [2.24, 2.45) is 11.8 Å². The lowest BCUT2D eigenvalue weighted by atomic mass is 9.97. The second-order valence-corrected chi connectivity index (χ2v) is 3.86. The van der Waals surface area contributed by atoms with Crippen LogP contribution in [0.15, 0.2) is 18.7 Å². The summed E-state index contributed by atoms with van der Waals surface area (Å²) in [6, 6.07) is 0. The number of amides is 1. The Morgan fingerprint density at radius 2 is 2.20 bits per heavy atom. The first kappa shape index (κ1) is 10.0. The van der Waals surface area contributed by atoms with Crippen molar-refractivity contribution >= 4 is 11.6 Å². The maximum atomic E-state index is 11.8. The van der Waals surface area contributed by atoms with Gasteiger partial charge in [0, 0.05) is 6.54 Å². The van der Waals surface area contributed by atoms with Crippen LogP contribution in [0.5, 0.6) is 0 Å². The predicted octanol–water partition coefficient (Wildman–Crippen LogP) is 0.271. The SMILES string of the molecule is CC1CNCC1C(=O)Nc1cncnc1. The van der Waals surface area contributed by atoms with Gasteiger partial charge in [-0.3, -0.25) is 4.79 Å². The molecule has 1 aliphatic rings. The Hall–Kier alpha value is -1.49. The van der Waals surface area contributed by atoms with E-state index in [0.29, 0.717) is 11.6 Å². The van der Waals surface area contributed by atoms with Crippen LogP contribution in [0.1, 0.15) is 6.92 Å². The van der Waals surface area contributed by atoms with E-state index >= 15 is 0 Å². The van der Waals surface area contributed by atoms with Crippen molar-refractivity contribution in [1.82, 2.24) is 15.3 Å². The number of carbonyl (C=O) groups is 1. The lowest BCUT2D eigenvalue weighted by molar-refractivity contribution is -0.120. The van der Waals surface area contributed by atoms with E-state index in [0.717, 1.165) is 13.1 Å². The third kappa shape index (κ3) is 2.30. The second kappa shape index (κ2) is 4.35. The molecule has 5 heteroatoms. The van der Waals surface area contributed by atoms with Gasteiger partial charge in [0.05, 0.1) is 24.0 Å². The Morgan fingerprint density at radius 3 is 2.80 bits per heavy atom. The van der Waals surface area contributed by atoms with E-state index in [4.69, 9.17) is 0 Å². The largest absolute Gasteiger partial charge is 0.323 e. The molecular formula is C10H14N4O. The van der Waals surface area contributed by atoms with E-state index in [-0.39, 0.29) is 11.8 Å². The van der Waals surface area contributed by atoms with Crippen molar-refractivity contribution in [2.75, 3.05) is 18.4 Å². The Kier molecular flexibility index (Phi) is 2.91. The highest BCUT2D eigenvalue weighted by Crippen LogP contribution is 2.17. The minimum absolute atomic E-state index is 0.0438. The van der Waals surface area contributed by atoms with Crippen LogP contribution in [-0.2, 0) is 4.79 Å². The fourth-order valence-corrected chi connectivity index (χ4v) is 1.76. The molecule has 0 saturated carbocycles. The van der Waals surface area contributed by atoms with Crippen LogP contribution in [0.2, 0.25) is 0 Å². The fourth-order valence-electron chi connectivity index (χ4n) is 1.76. The number of nitrogens with zero attached hydrogens (tertiary/aromatic N) is 2. The quantitative estimate of drug-likeness (QED) is 0.729. The molecule has 1 fully saturated rings. The Balaban J connectivity index is 1.98. The molecule has 2 heterocycles. The van der Waals surface area contributed by atoms with Gasteiger partial charge in [0.15, 0.2) is 0 Å². The summed E-state index contributed by atoms with van der Waals surface area (Å²) < 4.78 is 0. The van der Waals surface area contributed by atoms with E-state index in [9.17, 15) is 4.79 Å². The summed E-state index contributed by atoms with van der Waals surface area (Å²) in [6.45, 7) is 3.73. The van der Waals surface area contributed by atoms with Crippen molar-refractivity contribution in [1.29, 1.82) is 0 Å². The second-order valence-electron chi connectivity index (χ2n) is 3.86. The van der Waals surface area contributed by atoms with E-state index in [1.54, 1.807) is 12.4 Å². The number of hydrogen-bond acceptors (Lipinski definition) is 4. The smallest absolute Gasteiger partial charge is 0.229 e. The fraction of sp³-hybridized carbons (Fsp3) is 0.500. The molecule has 0 radical (unpaired) electrons. The van der Waals surface area contributed by atoms with E-state index < -0.39 is 0 Å². The van der Waals surface area contributed by atoms with Gasteiger partial charge in [0.1, 0.15) is 6.33 Å². The lowest BCUT2D eigenvalue weighted by Gasteiger charge is -2.13. The van der Waals surface area contributed by atoms with Gasteiger partial charge in [-0.25, -0.2) is 9.97 Å². The zero-order valence-corrected chi connectivity index (χ0v) is 8.60. The predicted molar refractivity (Wildman–Crippen MR) is 56.2 cm³/mol. The average Bonchev–Trinajstić information content (AvgIpc) is 2.66. The van der Waals surface area contributed by atoms with Crippen LogP contribution in [0.4, 0.5) is 5.69 Å². The molecule has 1 aromatic heterocycles. The molecule has 2 atom stereocenters. The van der Waals surface area contributed by atoms with Gasteiger partial charge >= 0.3 is 0 Å². The summed E-state index contributed by atoms with van der Waals surface area (Å²) in [5.41, 5.74) is 0.654. The molecule has 2 unspecified atom stereocenters. The minimum atomic E-state index is 0.0438. The molecule has 0 aromatic carbocycles. The highest BCUT2D eigenvalue weighted by molar-refractivity contribution is 5.92. The summed E-state index contributed by atoms with van der Waals surface area (Å²) >= 11 is 0. The monoisotopic (exact) mass is 206 g/mol. The third-order valence-electron chi connectivity index (χ3n) is 2.68. The molecule has 15 heavy (non-hydrogen) atoms. The van der Waals surface area contributed by atoms with Crippen LogP contribution >= 0.6 is 0 Å². The van der Waals surface area contributed by atoms with Crippen molar-refractivity contribution in [3.8, 4) is 0 Å². The van der Waals surface area contributed by atoms with Crippen LogP contribution in [0.3, 0.4) is 0 Å². The van der Waals surface area contributed by atoms with Crippen molar-refractivity contribution in [3.05, 3.63) is 18.7 Å². The number of rotatable bonds is 2. The first-order valence-corrected chi connectivity index (χ1v) is 5.04. The number of aromatic nitrogens is 2. The van der Waals surface area contributed by atoms with Crippen molar-refractivity contribution in [3.63, 3.8) is 0 Å². The third-order valence-corrected chi connectivity index (χ3v) is 2.68. The Morgan fingerprint density at radius 1 is 1.47 bits per heavy atom. The number of nitrogens with one attached hydrogen (secondary N) is 2. The maximum Gasteiger partial charge on any atom is 0.229 e. The zero-order valence-electron chi connectivity index (χ0n) is 8.60. The highest BCUT2D eigenvalue weighted by Gasteiger charge is 2.29. The van der Waals surface area contributed by atoms with Gasteiger partial charge in [-0.2, -0.15) is 0 Å². The molecule has 0 aliphatic carbocycles. The molecule has 1 saturated heterocycles. The highest BCUT2D eigenvalue weighted by atomic mass is 16.1. The topological polar surface area (TPSA) is 66.9 Å². The van der Waals surface area contributed by atoms with Gasteiger partial charge in [0.25, 0.3) is 0 Å².